The highest BCUT2D eigenvalue weighted by molar-refractivity contribution is 5.43. The number of pyridine rings is 1. The summed E-state index contributed by atoms with van der Waals surface area (Å²) in [6.45, 7) is 2.14. The molecule has 1 aromatic heterocycles. The molecular weight excluding hydrogens is 264 g/mol. The molecule has 0 amide bonds. The van der Waals surface area contributed by atoms with Gasteiger partial charge in [-0.05, 0) is 42.8 Å². The summed E-state index contributed by atoms with van der Waals surface area (Å²) in [6.07, 6.45) is 2.78. The summed E-state index contributed by atoms with van der Waals surface area (Å²) in [6, 6.07) is 9.99. The van der Waals surface area contributed by atoms with E-state index in [1.54, 1.807) is 14.2 Å². The minimum atomic E-state index is 0.00477. The van der Waals surface area contributed by atoms with Crippen molar-refractivity contribution in [1.82, 2.24) is 10.3 Å². The fraction of sp³-hybridized carbons (Fsp3) is 0.353. The maximum atomic E-state index is 5.36. The molecular formula is C17H22N2O2. The smallest absolute Gasteiger partial charge is 0.122 e. The first-order valence-electron chi connectivity index (χ1n) is 7.07. The van der Waals surface area contributed by atoms with Gasteiger partial charge < -0.3 is 14.8 Å². The van der Waals surface area contributed by atoms with Crippen LogP contribution in [0.1, 0.15) is 29.8 Å². The van der Waals surface area contributed by atoms with Gasteiger partial charge in [-0.2, -0.15) is 0 Å². The first-order valence-corrected chi connectivity index (χ1v) is 7.07. The van der Waals surface area contributed by atoms with Crippen molar-refractivity contribution in [2.75, 3.05) is 21.3 Å². The van der Waals surface area contributed by atoms with E-state index in [0.29, 0.717) is 0 Å². The number of aromatic nitrogens is 1. The van der Waals surface area contributed by atoms with Crippen LogP contribution in [0.25, 0.3) is 0 Å². The van der Waals surface area contributed by atoms with Gasteiger partial charge in [0.2, 0.25) is 0 Å². The maximum Gasteiger partial charge on any atom is 0.122 e. The highest BCUT2D eigenvalue weighted by Crippen LogP contribution is 2.30. The molecule has 2 rings (SSSR count). The third-order valence-corrected chi connectivity index (χ3v) is 3.58. The number of rotatable bonds is 6. The van der Waals surface area contributed by atoms with Crippen LogP contribution >= 0.6 is 0 Å². The van der Waals surface area contributed by atoms with E-state index in [0.717, 1.165) is 29.2 Å². The quantitative estimate of drug-likeness (QED) is 0.886. The number of hydrogen-bond donors (Lipinski definition) is 1. The van der Waals surface area contributed by atoms with E-state index in [9.17, 15) is 0 Å². The molecule has 1 N–H and O–H groups in total. The van der Waals surface area contributed by atoms with Crippen LogP contribution in [0.3, 0.4) is 0 Å². The average molecular weight is 286 g/mol. The first kappa shape index (κ1) is 15.3. The third kappa shape index (κ3) is 3.34. The second-order valence-corrected chi connectivity index (χ2v) is 4.77. The molecule has 0 saturated heterocycles. The van der Waals surface area contributed by atoms with E-state index < -0.39 is 0 Å². The SMILES string of the molecule is CCc1cccnc1C(NC)c1cc(OC)cc(OC)c1. The summed E-state index contributed by atoms with van der Waals surface area (Å²) < 4.78 is 10.7. The van der Waals surface area contributed by atoms with E-state index in [2.05, 4.69) is 23.3 Å². The Labute approximate surface area is 126 Å². The lowest BCUT2D eigenvalue weighted by molar-refractivity contribution is 0.392. The van der Waals surface area contributed by atoms with Gasteiger partial charge in [0.1, 0.15) is 11.5 Å². The topological polar surface area (TPSA) is 43.4 Å². The highest BCUT2D eigenvalue weighted by Gasteiger charge is 2.18. The number of benzene rings is 1. The van der Waals surface area contributed by atoms with Gasteiger partial charge in [-0.3, -0.25) is 4.98 Å². The fourth-order valence-corrected chi connectivity index (χ4v) is 2.47. The first-order chi connectivity index (χ1) is 10.2. The molecule has 1 aromatic carbocycles. The van der Waals surface area contributed by atoms with Crippen molar-refractivity contribution in [3.8, 4) is 11.5 Å². The van der Waals surface area contributed by atoms with E-state index in [1.807, 2.05) is 37.5 Å². The largest absolute Gasteiger partial charge is 0.497 e. The van der Waals surface area contributed by atoms with E-state index in [1.165, 1.54) is 5.56 Å². The van der Waals surface area contributed by atoms with Crippen molar-refractivity contribution in [3.05, 3.63) is 53.3 Å². The standard InChI is InChI=1S/C17H22N2O2/c1-5-12-7-6-8-19-17(12)16(18-2)13-9-14(20-3)11-15(10-13)21-4/h6-11,16,18H,5H2,1-4H3. The second-order valence-electron chi connectivity index (χ2n) is 4.77. The summed E-state index contributed by atoms with van der Waals surface area (Å²) in [5.41, 5.74) is 3.35. The van der Waals surface area contributed by atoms with Crippen LogP contribution in [0, 0.1) is 0 Å². The number of nitrogens with one attached hydrogen (secondary N) is 1. The number of aryl methyl sites for hydroxylation is 1. The van der Waals surface area contributed by atoms with Gasteiger partial charge in [-0.15, -0.1) is 0 Å². The van der Waals surface area contributed by atoms with Gasteiger partial charge in [0, 0.05) is 12.3 Å². The molecule has 2 aromatic rings. The molecule has 0 spiro atoms. The summed E-state index contributed by atoms with van der Waals surface area (Å²) in [5, 5.41) is 3.34. The van der Waals surface area contributed by atoms with Crippen molar-refractivity contribution >= 4 is 0 Å². The predicted octanol–water partition coefficient (Wildman–Crippen LogP) is 2.97. The van der Waals surface area contributed by atoms with Crippen LogP contribution in [0.2, 0.25) is 0 Å². The Bertz CT molecular complexity index is 577. The normalized spacial score (nSPS) is 12.0. The zero-order valence-corrected chi connectivity index (χ0v) is 13.0. The van der Waals surface area contributed by atoms with Crippen LogP contribution in [0.5, 0.6) is 11.5 Å². The van der Waals surface area contributed by atoms with Crippen molar-refractivity contribution < 1.29 is 9.47 Å². The van der Waals surface area contributed by atoms with Crippen molar-refractivity contribution in [3.63, 3.8) is 0 Å². The Hall–Kier alpha value is -2.07. The molecule has 0 saturated carbocycles. The maximum absolute atomic E-state index is 5.36. The van der Waals surface area contributed by atoms with Crippen LogP contribution in [-0.2, 0) is 6.42 Å². The summed E-state index contributed by atoms with van der Waals surface area (Å²) in [5.74, 6) is 1.55. The predicted molar refractivity (Wildman–Crippen MR) is 84.1 cm³/mol. The Balaban J connectivity index is 2.50. The van der Waals surface area contributed by atoms with Gasteiger partial charge in [0.05, 0.1) is 26.0 Å². The van der Waals surface area contributed by atoms with Crippen LogP contribution in [-0.4, -0.2) is 26.3 Å². The van der Waals surface area contributed by atoms with Crippen LogP contribution < -0.4 is 14.8 Å². The molecule has 4 heteroatoms. The van der Waals surface area contributed by atoms with Crippen LogP contribution in [0.15, 0.2) is 36.5 Å². The monoisotopic (exact) mass is 286 g/mol. The Morgan fingerprint density at radius 3 is 2.33 bits per heavy atom. The van der Waals surface area contributed by atoms with Gasteiger partial charge in [-0.25, -0.2) is 0 Å². The average Bonchev–Trinajstić information content (AvgIpc) is 2.55. The second kappa shape index (κ2) is 7.09. The molecule has 0 aliphatic rings. The van der Waals surface area contributed by atoms with Crippen molar-refractivity contribution in [2.45, 2.75) is 19.4 Å². The molecule has 112 valence electrons. The van der Waals surface area contributed by atoms with Crippen LogP contribution in [0.4, 0.5) is 0 Å². The van der Waals surface area contributed by atoms with Gasteiger partial charge in [0.15, 0.2) is 0 Å². The number of ether oxygens (including phenoxy) is 2. The molecule has 1 atom stereocenters. The minimum absolute atomic E-state index is 0.00477. The lowest BCUT2D eigenvalue weighted by Crippen LogP contribution is -2.20. The minimum Gasteiger partial charge on any atom is -0.497 e. The molecule has 0 aliphatic carbocycles. The fourth-order valence-electron chi connectivity index (χ4n) is 2.47. The molecule has 0 bridgehead atoms. The summed E-state index contributed by atoms with van der Waals surface area (Å²) in [4.78, 5) is 4.56. The zero-order valence-electron chi connectivity index (χ0n) is 13.0. The van der Waals surface area contributed by atoms with E-state index in [4.69, 9.17) is 9.47 Å². The third-order valence-electron chi connectivity index (χ3n) is 3.58. The van der Waals surface area contributed by atoms with Gasteiger partial charge in [-0.1, -0.05) is 13.0 Å². The van der Waals surface area contributed by atoms with Crippen molar-refractivity contribution in [2.24, 2.45) is 0 Å². The highest BCUT2D eigenvalue weighted by atomic mass is 16.5. The van der Waals surface area contributed by atoms with Crippen molar-refractivity contribution in [1.29, 1.82) is 0 Å². The number of nitrogens with zero attached hydrogens (tertiary/aromatic N) is 1. The molecule has 1 heterocycles. The summed E-state index contributed by atoms with van der Waals surface area (Å²) in [7, 11) is 5.25. The zero-order chi connectivity index (χ0) is 15.2. The number of hydrogen-bond acceptors (Lipinski definition) is 4. The molecule has 0 radical (unpaired) electrons. The molecule has 1 unspecified atom stereocenters. The molecule has 0 fully saturated rings. The Morgan fingerprint density at radius 1 is 1.14 bits per heavy atom. The Morgan fingerprint density at radius 2 is 1.81 bits per heavy atom. The molecule has 21 heavy (non-hydrogen) atoms. The van der Waals surface area contributed by atoms with E-state index in [-0.39, 0.29) is 6.04 Å². The molecule has 0 aliphatic heterocycles. The number of methoxy groups -OCH3 is 2. The van der Waals surface area contributed by atoms with Gasteiger partial charge in [0.25, 0.3) is 0 Å². The van der Waals surface area contributed by atoms with Gasteiger partial charge >= 0.3 is 0 Å². The lowest BCUT2D eigenvalue weighted by atomic mass is 9.98. The van der Waals surface area contributed by atoms with E-state index >= 15 is 0 Å². The summed E-state index contributed by atoms with van der Waals surface area (Å²) >= 11 is 0. The Kier molecular flexibility index (Phi) is 5.17. The lowest BCUT2D eigenvalue weighted by Gasteiger charge is -2.20. The molecule has 4 nitrogen and oxygen atoms in total.